The summed E-state index contributed by atoms with van der Waals surface area (Å²) in [4.78, 5) is 11.4. The number of halogens is 1. The Morgan fingerprint density at radius 2 is 1.80 bits per heavy atom. The Kier molecular flexibility index (Phi) is 1.93. The standard InChI is InChI=1S/C11H7IO3/c13-11-9-5-7-3-1-2-4-8(7)6-10(9)12(14)15-11/h1-6,14H. The molecular formula is C11H7IO3. The molecule has 15 heavy (non-hydrogen) atoms. The third-order valence-electron chi connectivity index (χ3n) is 2.37. The molecule has 0 aromatic heterocycles. The Labute approximate surface area is 94.2 Å². The van der Waals surface area contributed by atoms with Crippen molar-refractivity contribution < 1.29 is 11.3 Å². The molecule has 0 bridgehead atoms. The van der Waals surface area contributed by atoms with Crippen molar-refractivity contribution >= 4 is 37.4 Å². The van der Waals surface area contributed by atoms with Crippen LogP contribution in [0.4, 0.5) is 0 Å². The van der Waals surface area contributed by atoms with Crippen molar-refractivity contribution in [2.45, 2.75) is 0 Å². The van der Waals surface area contributed by atoms with E-state index in [2.05, 4.69) is 0 Å². The molecule has 2 aromatic rings. The van der Waals surface area contributed by atoms with E-state index in [0.29, 0.717) is 9.13 Å². The quantitative estimate of drug-likeness (QED) is 0.760. The maximum atomic E-state index is 11.4. The van der Waals surface area contributed by atoms with E-state index in [1.165, 1.54) is 0 Å². The van der Waals surface area contributed by atoms with E-state index in [9.17, 15) is 8.23 Å². The minimum absolute atomic E-state index is 0.386. The fourth-order valence-electron chi connectivity index (χ4n) is 1.65. The Hall–Kier alpha value is -1.14. The van der Waals surface area contributed by atoms with Crippen molar-refractivity contribution in [3.05, 3.63) is 45.5 Å². The van der Waals surface area contributed by atoms with Crippen LogP contribution in [0.15, 0.2) is 36.4 Å². The van der Waals surface area contributed by atoms with Gasteiger partial charge in [0.25, 0.3) is 0 Å². The van der Waals surface area contributed by atoms with Gasteiger partial charge in [0.05, 0.1) is 0 Å². The molecule has 2 aromatic carbocycles. The van der Waals surface area contributed by atoms with Crippen molar-refractivity contribution in [1.82, 2.24) is 0 Å². The molecule has 3 rings (SSSR count). The number of fused-ring (bicyclic) bond motifs is 2. The molecule has 1 aliphatic rings. The summed E-state index contributed by atoms with van der Waals surface area (Å²) in [5, 5.41) is 2.03. The van der Waals surface area contributed by atoms with Crippen molar-refractivity contribution in [3.63, 3.8) is 0 Å². The van der Waals surface area contributed by atoms with Gasteiger partial charge in [-0.2, -0.15) is 0 Å². The molecule has 1 aliphatic heterocycles. The number of hydrogen-bond donors (Lipinski definition) is 1. The summed E-state index contributed by atoms with van der Waals surface area (Å²) in [6.07, 6.45) is 0. The Morgan fingerprint density at radius 1 is 1.13 bits per heavy atom. The average molecular weight is 314 g/mol. The molecule has 0 radical (unpaired) electrons. The van der Waals surface area contributed by atoms with Gasteiger partial charge in [0.1, 0.15) is 0 Å². The third-order valence-corrected chi connectivity index (χ3v) is 5.08. The normalized spacial score (nSPS) is 16.6. The SMILES string of the molecule is O=C1OI(O)c2cc3ccccc3cc21. The van der Waals surface area contributed by atoms with Crippen LogP contribution < -0.4 is 0 Å². The molecule has 76 valence electrons. The molecule has 0 saturated heterocycles. The number of carbonyl (C=O) groups excluding carboxylic acids is 1. The summed E-state index contributed by atoms with van der Waals surface area (Å²) < 4.78 is 15.2. The second-order valence-electron chi connectivity index (χ2n) is 3.27. The van der Waals surface area contributed by atoms with Gasteiger partial charge in [0.15, 0.2) is 0 Å². The second kappa shape index (κ2) is 3.18. The van der Waals surface area contributed by atoms with E-state index in [-0.39, 0.29) is 5.97 Å². The summed E-state index contributed by atoms with van der Waals surface area (Å²) in [5.41, 5.74) is 0.529. The summed E-state index contributed by atoms with van der Waals surface area (Å²) >= 11 is -2.63. The zero-order chi connectivity index (χ0) is 10.4. The Bertz CT molecular complexity index is 565. The molecule has 3 nitrogen and oxygen atoms in total. The molecule has 0 saturated carbocycles. The zero-order valence-corrected chi connectivity index (χ0v) is 9.76. The number of rotatable bonds is 0. The molecule has 0 aliphatic carbocycles. The molecule has 0 fully saturated rings. The van der Waals surface area contributed by atoms with Crippen LogP contribution in [-0.2, 0) is 3.07 Å². The van der Waals surface area contributed by atoms with E-state index in [0.717, 1.165) is 10.8 Å². The van der Waals surface area contributed by atoms with Crippen LogP contribution in [0.1, 0.15) is 10.4 Å². The average Bonchev–Trinajstić information content (AvgIpc) is 2.52. The first-order chi connectivity index (χ1) is 7.25. The van der Waals surface area contributed by atoms with E-state index in [4.69, 9.17) is 3.07 Å². The molecule has 4 heteroatoms. The van der Waals surface area contributed by atoms with Gasteiger partial charge in [0, 0.05) is 0 Å². The third kappa shape index (κ3) is 1.32. The van der Waals surface area contributed by atoms with Crippen molar-refractivity contribution in [2.24, 2.45) is 0 Å². The van der Waals surface area contributed by atoms with Crippen LogP contribution in [-0.4, -0.2) is 9.41 Å². The van der Waals surface area contributed by atoms with Gasteiger partial charge in [-0.15, -0.1) is 0 Å². The van der Waals surface area contributed by atoms with Gasteiger partial charge < -0.3 is 0 Å². The zero-order valence-electron chi connectivity index (χ0n) is 7.61. The first kappa shape index (κ1) is 9.11. The number of hydrogen-bond acceptors (Lipinski definition) is 3. The Morgan fingerprint density at radius 3 is 2.53 bits per heavy atom. The van der Waals surface area contributed by atoms with Crippen LogP contribution in [0.25, 0.3) is 10.8 Å². The predicted octanol–water partition coefficient (Wildman–Crippen LogP) is 2.51. The van der Waals surface area contributed by atoms with E-state index in [1.54, 1.807) is 6.07 Å². The van der Waals surface area contributed by atoms with Crippen LogP contribution in [0.2, 0.25) is 0 Å². The molecule has 0 atom stereocenters. The van der Waals surface area contributed by atoms with Gasteiger partial charge in [-0.05, 0) is 0 Å². The van der Waals surface area contributed by atoms with Gasteiger partial charge in [-0.1, -0.05) is 0 Å². The second-order valence-corrected chi connectivity index (χ2v) is 6.19. The molecule has 1 heterocycles. The van der Waals surface area contributed by atoms with E-state index < -0.39 is 20.6 Å². The molecule has 0 amide bonds. The minimum atomic E-state index is -2.63. The van der Waals surface area contributed by atoms with Crippen molar-refractivity contribution in [3.8, 4) is 0 Å². The first-order valence-electron chi connectivity index (χ1n) is 4.40. The van der Waals surface area contributed by atoms with Crippen LogP contribution >= 0.6 is 20.6 Å². The predicted molar refractivity (Wildman–Crippen MR) is 64.3 cm³/mol. The number of benzene rings is 2. The van der Waals surface area contributed by atoms with Gasteiger partial charge in [0.2, 0.25) is 0 Å². The van der Waals surface area contributed by atoms with Gasteiger partial charge >= 0.3 is 94.2 Å². The molecule has 0 unspecified atom stereocenters. The Balaban J connectivity index is 2.36. The van der Waals surface area contributed by atoms with Crippen LogP contribution in [0, 0.1) is 3.57 Å². The summed E-state index contributed by atoms with van der Waals surface area (Å²) in [7, 11) is 0. The topological polar surface area (TPSA) is 46.5 Å². The van der Waals surface area contributed by atoms with Gasteiger partial charge in [-0.25, -0.2) is 0 Å². The van der Waals surface area contributed by atoms with Crippen molar-refractivity contribution in [2.75, 3.05) is 0 Å². The first-order valence-corrected chi connectivity index (χ1v) is 7.33. The molecular weight excluding hydrogens is 307 g/mol. The van der Waals surface area contributed by atoms with Crippen LogP contribution in [0.5, 0.6) is 0 Å². The summed E-state index contributed by atoms with van der Waals surface area (Å²) in [5.74, 6) is -0.386. The summed E-state index contributed by atoms with van der Waals surface area (Å²) in [6.45, 7) is 0. The fourth-order valence-corrected chi connectivity index (χ4v) is 3.98. The van der Waals surface area contributed by atoms with Crippen LogP contribution in [0.3, 0.4) is 0 Å². The van der Waals surface area contributed by atoms with E-state index in [1.807, 2.05) is 30.3 Å². The number of carbonyl (C=O) groups is 1. The van der Waals surface area contributed by atoms with Crippen molar-refractivity contribution in [1.29, 1.82) is 0 Å². The molecule has 0 spiro atoms. The summed E-state index contributed by atoms with van der Waals surface area (Å²) in [6, 6.07) is 11.4. The van der Waals surface area contributed by atoms with Gasteiger partial charge in [-0.3, -0.25) is 0 Å². The fraction of sp³-hybridized carbons (Fsp3) is 0. The maximum absolute atomic E-state index is 11.4. The van der Waals surface area contributed by atoms with E-state index >= 15 is 0 Å². The molecule has 1 N–H and O–H groups in total. The monoisotopic (exact) mass is 314 g/mol.